The summed E-state index contributed by atoms with van der Waals surface area (Å²) >= 11 is 0. The van der Waals surface area contributed by atoms with E-state index in [9.17, 15) is 14.0 Å². The topological polar surface area (TPSA) is 67.4 Å². The Hall–Kier alpha value is -1.95. The van der Waals surface area contributed by atoms with E-state index in [1.165, 1.54) is 13.2 Å². The molecule has 1 fully saturated rings. The van der Waals surface area contributed by atoms with Crippen LogP contribution in [0.2, 0.25) is 0 Å². The predicted molar refractivity (Wildman–Crippen MR) is 71.9 cm³/mol. The quantitative estimate of drug-likeness (QED) is 0.824. The van der Waals surface area contributed by atoms with Crippen LogP contribution in [-0.4, -0.2) is 31.6 Å². The standard InChI is InChI=1S/C14H17FN2O3/c1-8-5-6-16-12(8)13(18)17-11-7-9(15)3-4-10(11)14(19)20-2/h3-4,7-8,12,16H,5-6H2,1-2H3,(H,17,18). The Morgan fingerprint density at radius 3 is 2.80 bits per heavy atom. The minimum absolute atomic E-state index is 0.128. The van der Waals surface area contributed by atoms with Crippen LogP contribution in [0.5, 0.6) is 0 Å². The van der Waals surface area contributed by atoms with Crippen LogP contribution in [0.25, 0.3) is 0 Å². The van der Waals surface area contributed by atoms with Gasteiger partial charge in [0.1, 0.15) is 5.82 Å². The molecule has 2 unspecified atom stereocenters. The molecule has 0 saturated carbocycles. The molecule has 0 radical (unpaired) electrons. The monoisotopic (exact) mass is 280 g/mol. The number of esters is 1. The van der Waals surface area contributed by atoms with Crippen LogP contribution in [0.15, 0.2) is 18.2 Å². The molecule has 0 aliphatic carbocycles. The second kappa shape index (κ2) is 6.00. The molecule has 1 saturated heterocycles. The van der Waals surface area contributed by atoms with Gasteiger partial charge in [-0.15, -0.1) is 0 Å². The number of nitrogens with one attached hydrogen (secondary N) is 2. The highest BCUT2D eigenvalue weighted by atomic mass is 19.1. The molecule has 1 heterocycles. The lowest BCUT2D eigenvalue weighted by atomic mass is 10.0. The summed E-state index contributed by atoms with van der Waals surface area (Å²) in [4.78, 5) is 23.8. The predicted octanol–water partition coefficient (Wildman–Crippen LogP) is 1.55. The van der Waals surface area contributed by atoms with Gasteiger partial charge in [-0.2, -0.15) is 0 Å². The third kappa shape index (κ3) is 2.96. The number of anilines is 1. The molecule has 2 atom stereocenters. The first-order chi connectivity index (χ1) is 9.52. The summed E-state index contributed by atoms with van der Waals surface area (Å²) in [5.74, 6) is -1.22. The highest BCUT2D eigenvalue weighted by Crippen LogP contribution is 2.21. The Morgan fingerprint density at radius 1 is 1.45 bits per heavy atom. The number of carbonyl (C=O) groups is 2. The van der Waals surface area contributed by atoms with Crippen molar-refractivity contribution in [1.82, 2.24) is 5.32 Å². The summed E-state index contributed by atoms with van der Waals surface area (Å²) in [6.07, 6.45) is 0.908. The molecule has 0 bridgehead atoms. The van der Waals surface area contributed by atoms with E-state index in [0.29, 0.717) is 0 Å². The summed E-state index contributed by atoms with van der Waals surface area (Å²) in [6.45, 7) is 2.74. The molecule has 6 heteroatoms. The molecular formula is C14H17FN2O3. The lowest BCUT2D eigenvalue weighted by Gasteiger charge is -2.16. The molecule has 5 nitrogen and oxygen atoms in total. The zero-order valence-electron chi connectivity index (χ0n) is 11.4. The van der Waals surface area contributed by atoms with Gasteiger partial charge >= 0.3 is 5.97 Å². The maximum absolute atomic E-state index is 13.3. The molecule has 1 amide bonds. The zero-order chi connectivity index (χ0) is 14.7. The number of carbonyl (C=O) groups excluding carboxylic acids is 2. The van der Waals surface area contributed by atoms with Gasteiger partial charge in [0.2, 0.25) is 5.91 Å². The van der Waals surface area contributed by atoms with Crippen molar-refractivity contribution in [2.24, 2.45) is 5.92 Å². The normalized spacial score (nSPS) is 21.6. The van der Waals surface area contributed by atoms with Crippen LogP contribution in [0.4, 0.5) is 10.1 Å². The summed E-state index contributed by atoms with van der Waals surface area (Å²) < 4.78 is 17.9. The second-order valence-electron chi connectivity index (χ2n) is 4.87. The van der Waals surface area contributed by atoms with Crippen LogP contribution in [0.3, 0.4) is 0 Å². The van der Waals surface area contributed by atoms with Gasteiger partial charge in [0.15, 0.2) is 0 Å². The van der Waals surface area contributed by atoms with Crippen molar-refractivity contribution in [1.29, 1.82) is 0 Å². The fourth-order valence-corrected chi connectivity index (χ4v) is 2.30. The van der Waals surface area contributed by atoms with Gasteiger partial charge in [0, 0.05) is 0 Å². The van der Waals surface area contributed by atoms with E-state index in [1.807, 2.05) is 6.92 Å². The minimum Gasteiger partial charge on any atom is -0.465 e. The number of methoxy groups -OCH3 is 1. The second-order valence-corrected chi connectivity index (χ2v) is 4.87. The average Bonchev–Trinajstić information content (AvgIpc) is 2.84. The van der Waals surface area contributed by atoms with Gasteiger partial charge in [-0.1, -0.05) is 6.92 Å². The zero-order valence-corrected chi connectivity index (χ0v) is 11.4. The van der Waals surface area contributed by atoms with Crippen molar-refractivity contribution in [2.45, 2.75) is 19.4 Å². The van der Waals surface area contributed by atoms with Crippen molar-refractivity contribution in [2.75, 3.05) is 19.0 Å². The lowest BCUT2D eigenvalue weighted by Crippen LogP contribution is -2.39. The van der Waals surface area contributed by atoms with E-state index in [0.717, 1.165) is 25.1 Å². The number of hydrogen-bond acceptors (Lipinski definition) is 4. The molecule has 0 aromatic heterocycles. The number of benzene rings is 1. The first-order valence-electron chi connectivity index (χ1n) is 6.45. The Kier molecular flexibility index (Phi) is 4.34. The molecule has 2 rings (SSSR count). The Balaban J connectivity index is 2.21. The van der Waals surface area contributed by atoms with Crippen LogP contribution >= 0.6 is 0 Å². The highest BCUT2D eigenvalue weighted by molar-refractivity contribution is 6.02. The van der Waals surface area contributed by atoms with E-state index < -0.39 is 11.8 Å². The van der Waals surface area contributed by atoms with Crippen molar-refractivity contribution >= 4 is 17.6 Å². The van der Waals surface area contributed by atoms with Gasteiger partial charge in [-0.25, -0.2) is 9.18 Å². The molecule has 108 valence electrons. The Bertz CT molecular complexity index is 533. The third-order valence-corrected chi connectivity index (χ3v) is 3.46. The molecule has 2 N–H and O–H groups in total. The third-order valence-electron chi connectivity index (χ3n) is 3.46. The minimum atomic E-state index is -0.618. The van der Waals surface area contributed by atoms with Gasteiger partial charge in [-0.3, -0.25) is 4.79 Å². The highest BCUT2D eigenvalue weighted by Gasteiger charge is 2.30. The molecule has 20 heavy (non-hydrogen) atoms. The number of ether oxygens (including phenoxy) is 1. The number of hydrogen-bond donors (Lipinski definition) is 2. The fourth-order valence-electron chi connectivity index (χ4n) is 2.30. The maximum Gasteiger partial charge on any atom is 0.339 e. The fraction of sp³-hybridized carbons (Fsp3) is 0.429. The van der Waals surface area contributed by atoms with Crippen molar-refractivity contribution in [3.8, 4) is 0 Å². The SMILES string of the molecule is COC(=O)c1ccc(F)cc1NC(=O)C1NCCC1C. The smallest absolute Gasteiger partial charge is 0.339 e. The first kappa shape index (κ1) is 14.5. The lowest BCUT2D eigenvalue weighted by molar-refractivity contribution is -0.118. The molecule has 0 spiro atoms. The van der Waals surface area contributed by atoms with Crippen molar-refractivity contribution < 1.29 is 18.7 Å². The maximum atomic E-state index is 13.3. The van der Waals surface area contributed by atoms with Crippen LogP contribution < -0.4 is 10.6 Å². The van der Waals surface area contributed by atoms with Crippen LogP contribution in [-0.2, 0) is 9.53 Å². The van der Waals surface area contributed by atoms with Gasteiger partial charge in [0.05, 0.1) is 24.4 Å². The Labute approximate surface area is 116 Å². The number of rotatable bonds is 3. The molecule has 1 aliphatic heterocycles. The van der Waals surface area contributed by atoms with Gasteiger partial charge in [-0.05, 0) is 37.1 Å². The summed E-state index contributed by atoms with van der Waals surface area (Å²) in [5.41, 5.74) is 0.260. The van der Waals surface area contributed by atoms with E-state index in [4.69, 9.17) is 0 Å². The van der Waals surface area contributed by atoms with Crippen LogP contribution in [0.1, 0.15) is 23.7 Å². The summed E-state index contributed by atoms with van der Waals surface area (Å²) in [7, 11) is 1.23. The van der Waals surface area contributed by atoms with Crippen molar-refractivity contribution in [3.63, 3.8) is 0 Å². The van der Waals surface area contributed by atoms with E-state index >= 15 is 0 Å². The number of amides is 1. The van der Waals surface area contributed by atoms with Crippen molar-refractivity contribution in [3.05, 3.63) is 29.6 Å². The molecule has 1 aliphatic rings. The van der Waals surface area contributed by atoms with Crippen LogP contribution in [0, 0.1) is 11.7 Å². The number of halogens is 1. The molecule has 1 aromatic carbocycles. The largest absolute Gasteiger partial charge is 0.465 e. The molecule has 1 aromatic rings. The Morgan fingerprint density at radius 2 is 2.20 bits per heavy atom. The van der Waals surface area contributed by atoms with Gasteiger partial charge < -0.3 is 15.4 Å². The average molecular weight is 280 g/mol. The molecular weight excluding hydrogens is 263 g/mol. The summed E-state index contributed by atoms with van der Waals surface area (Å²) in [6, 6.07) is 3.23. The van der Waals surface area contributed by atoms with E-state index in [-0.39, 0.29) is 29.1 Å². The van der Waals surface area contributed by atoms with E-state index in [2.05, 4.69) is 15.4 Å². The summed E-state index contributed by atoms with van der Waals surface area (Å²) in [5, 5.41) is 5.68. The van der Waals surface area contributed by atoms with E-state index in [1.54, 1.807) is 0 Å². The van der Waals surface area contributed by atoms with Gasteiger partial charge in [0.25, 0.3) is 0 Å². The first-order valence-corrected chi connectivity index (χ1v) is 6.45.